The predicted molar refractivity (Wildman–Crippen MR) is 231 cm³/mol. The summed E-state index contributed by atoms with van der Waals surface area (Å²) in [6, 6.07) is 76.5. The maximum atomic E-state index is 6.71. The van der Waals surface area contributed by atoms with Gasteiger partial charge in [0, 0.05) is 11.1 Å². The Hall–Kier alpha value is -7.22. The second-order valence-corrected chi connectivity index (χ2v) is 15.9. The van der Waals surface area contributed by atoms with Crippen molar-refractivity contribution in [2.45, 2.75) is 10.8 Å². The van der Waals surface area contributed by atoms with E-state index in [0.29, 0.717) is 0 Å². The first kappa shape index (κ1) is 31.0. The van der Waals surface area contributed by atoms with Crippen LogP contribution >= 0.6 is 0 Å². The third-order valence-electron chi connectivity index (χ3n) is 13.4. The Kier molecular flexibility index (Phi) is 6.09. The van der Waals surface area contributed by atoms with E-state index in [2.05, 4.69) is 206 Å². The van der Waals surface area contributed by atoms with E-state index in [-0.39, 0.29) is 5.41 Å². The molecule has 3 aliphatic carbocycles. The predicted octanol–water partition coefficient (Wildman–Crippen LogP) is 13.8. The Morgan fingerprint density at radius 3 is 1.02 bits per heavy atom. The molecule has 9 aromatic carbocycles. The Morgan fingerprint density at radius 2 is 0.544 bits per heavy atom. The molecule has 0 radical (unpaired) electrons. The van der Waals surface area contributed by atoms with E-state index in [1.54, 1.807) is 0 Å². The molecule has 1 heterocycles. The average molecular weight is 723 g/mol. The van der Waals surface area contributed by atoms with Crippen molar-refractivity contribution in [2.24, 2.45) is 0 Å². The molecule has 0 saturated heterocycles. The van der Waals surface area contributed by atoms with Crippen molar-refractivity contribution < 1.29 is 4.74 Å². The van der Waals surface area contributed by atoms with Crippen molar-refractivity contribution >= 4 is 0 Å². The van der Waals surface area contributed by atoms with Crippen LogP contribution in [0.1, 0.15) is 44.5 Å². The van der Waals surface area contributed by atoms with Crippen LogP contribution in [0.4, 0.5) is 0 Å². The van der Waals surface area contributed by atoms with Gasteiger partial charge in [-0.3, -0.25) is 0 Å². The van der Waals surface area contributed by atoms with Crippen molar-refractivity contribution in [2.75, 3.05) is 0 Å². The second kappa shape index (κ2) is 11.2. The average Bonchev–Trinajstić information content (AvgIpc) is 3.87. The number of benzene rings is 9. The molecule has 13 rings (SSSR count). The zero-order valence-electron chi connectivity index (χ0n) is 31.0. The molecule has 2 spiro atoms. The number of para-hydroxylation sites is 1. The molecule has 264 valence electrons. The van der Waals surface area contributed by atoms with Gasteiger partial charge < -0.3 is 4.74 Å². The summed E-state index contributed by atoms with van der Waals surface area (Å²) < 4.78 is 6.71. The van der Waals surface area contributed by atoms with Crippen molar-refractivity contribution in [3.63, 3.8) is 0 Å². The minimum atomic E-state index is -0.483. The Balaban J connectivity index is 0.951. The van der Waals surface area contributed by atoms with Crippen LogP contribution in [0.15, 0.2) is 206 Å². The van der Waals surface area contributed by atoms with E-state index in [9.17, 15) is 0 Å². The highest BCUT2D eigenvalue weighted by Crippen LogP contribution is 2.64. The van der Waals surface area contributed by atoms with Gasteiger partial charge in [-0.2, -0.15) is 0 Å². The highest BCUT2D eigenvalue weighted by atomic mass is 16.5. The number of rotatable bonds is 2. The Labute approximate surface area is 332 Å². The van der Waals surface area contributed by atoms with Crippen molar-refractivity contribution in [3.05, 3.63) is 251 Å². The minimum Gasteiger partial charge on any atom is -0.457 e. The van der Waals surface area contributed by atoms with Crippen LogP contribution in [0.2, 0.25) is 0 Å². The Morgan fingerprint density at radius 1 is 0.228 bits per heavy atom. The highest BCUT2D eigenvalue weighted by molar-refractivity contribution is 5.96. The van der Waals surface area contributed by atoms with Gasteiger partial charge in [0.2, 0.25) is 0 Å². The van der Waals surface area contributed by atoms with Gasteiger partial charge in [-0.25, -0.2) is 0 Å². The zero-order chi connectivity index (χ0) is 37.3. The van der Waals surface area contributed by atoms with Gasteiger partial charge in [0.15, 0.2) is 0 Å². The maximum absolute atomic E-state index is 6.71. The van der Waals surface area contributed by atoms with Crippen molar-refractivity contribution in [3.8, 4) is 67.1 Å². The molecule has 1 heteroatoms. The van der Waals surface area contributed by atoms with Crippen molar-refractivity contribution in [1.82, 2.24) is 0 Å². The van der Waals surface area contributed by atoms with Gasteiger partial charge in [-0.15, -0.1) is 0 Å². The normalized spacial score (nSPS) is 14.7. The monoisotopic (exact) mass is 722 g/mol. The summed E-state index contributed by atoms with van der Waals surface area (Å²) in [6.45, 7) is 0. The molecule has 0 N–H and O–H groups in total. The van der Waals surface area contributed by atoms with Crippen LogP contribution in [-0.2, 0) is 10.8 Å². The standard InChI is InChI=1S/C56H34O/c1-6-18-45-39(13-1)40-14-2-7-19-46(40)55(45)47-20-8-5-17-43(47)44-31-29-37(33-51(44)55)35-25-27-36(28-26-35)38-30-32-54-52(34-38)56(50-23-11-12-24-53(50)57-54)48-21-9-3-15-41(48)42-16-4-10-22-49(42)56/h1-34H. The van der Waals surface area contributed by atoms with Crippen LogP contribution in [0.25, 0.3) is 55.6 Å². The maximum Gasteiger partial charge on any atom is 0.132 e. The topological polar surface area (TPSA) is 9.23 Å². The molecule has 0 bridgehead atoms. The Bertz CT molecular complexity index is 3060. The highest BCUT2D eigenvalue weighted by Gasteiger charge is 2.52. The van der Waals surface area contributed by atoms with E-state index >= 15 is 0 Å². The van der Waals surface area contributed by atoms with Gasteiger partial charge in [0.1, 0.15) is 11.5 Å². The summed E-state index contributed by atoms with van der Waals surface area (Å²) in [7, 11) is 0. The SMILES string of the molecule is c1ccc2c(c1)Oc1ccc(-c3ccc(-c4ccc5c(c4)C4(c6ccccc6-c6ccccc64)c4ccccc4-5)cc3)cc1C21c2ccccc2-c2ccccc21. The first-order valence-corrected chi connectivity index (χ1v) is 19.9. The number of ether oxygens (including phenoxy) is 1. The molecule has 0 unspecified atom stereocenters. The molecule has 1 nitrogen and oxygen atoms in total. The van der Waals surface area contributed by atoms with Gasteiger partial charge in [-0.1, -0.05) is 182 Å². The first-order valence-electron chi connectivity index (χ1n) is 19.9. The van der Waals surface area contributed by atoms with E-state index in [1.807, 2.05) is 0 Å². The molecule has 0 saturated carbocycles. The second-order valence-electron chi connectivity index (χ2n) is 15.9. The van der Waals surface area contributed by atoms with Crippen LogP contribution in [0.3, 0.4) is 0 Å². The largest absolute Gasteiger partial charge is 0.457 e. The van der Waals surface area contributed by atoms with Gasteiger partial charge >= 0.3 is 0 Å². The van der Waals surface area contributed by atoms with Crippen LogP contribution in [0, 0.1) is 0 Å². The molecule has 1 aliphatic heterocycles. The zero-order valence-corrected chi connectivity index (χ0v) is 31.0. The summed E-state index contributed by atoms with van der Waals surface area (Å²) in [5.74, 6) is 1.82. The summed E-state index contributed by atoms with van der Waals surface area (Å²) in [5, 5.41) is 0. The molecule has 0 fully saturated rings. The van der Waals surface area contributed by atoms with Gasteiger partial charge in [0.25, 0.3) is 0 Å². The molecule has 0 amide bonds. The number of hydrogen-bond donors (Lipinski definition) is 0. The number of fused-ring (bicyclic) bond motifs is 19. The van der Waals surface area contributed by atoms with E-state index in [1.165, 1.54) is 100 Å². The molecule has 0 atom stereocenters. The first-order chi connectivity index (χ1) is 28.3. The summed E-state index contributed by atoms with van der Waals surface area (Å²) in [5.41, 5.74) is 22.3. The molecular weight excluding hydrogens is 689 g/mol. The van der Waals surface area contributed by atoms with Crippen LogP contribution in [0.5, 0.6) is 11.5 Å². The summed E-state index contributed by atoms with van der Waals surface area (Å²) in [6.07, 6.45) is 0. The van der Waals surface area contributed by atoms with Crippen molar-refractivity contribution in [1.29, 1.82) is 0 Å². The quantitative estimate of drug-likeness (QED) is 0.173. The van der Waals surface area contributed by atoms with E-state index < -0.39 is 5.41 Å². The fraction of sp³-hybridized carbons (Fsp3) is 0.0357. The lowest BCUT2D eigenvalue weighted by molar-refractivity contribution is 0.436. The smallest absolute Gasteiger partial charge is 0.132 e. The summed E-state index contributed by atoms with van der Waals surface area (Å²) >= 11 is 0. The molecule has 0 aromatic heterocycles. The fourth-order valence-electron chi connectivity index (χ4n) is 11.2. The fourth-order valence-corrected chi connectivity index (χ4v) is 11.2. The lowest BCUT2D eigenvalue weighted by atomic mass is 9.66. The van der Waals surface area contributed by atoms with Crippen LogP contribution < -0.4 is 4.74 Å². The molecule has 57 heavy (non-hydrogen) atoms. The number of hydrogen-bond acceptors (Lipinski definition) is 1. The van der Waals surface area contributed by atoms with Gasteiger partial charge in [-0.05, 0) is 113 Å². The van der Waals surface area contributed by atoms with E-state index in [0.717, 1.165) is 11.5 Å². The summed E-state index contributed by atoms with van der Waals surface area (Å²) in [4.78, 5) is 0. The molecular formula is C56H34O. The third-order valence-corrected chi connectivity index (χ3v) is 13.4. The lowest BCUT2D eigenvalue weighted by Crippen LogP contribution is -2.32. The van der Waals surface area contributed by atoms with E-state index in [4.69, 9.17) is 4.74 Å². The molecule has 9 aromatic rings. The van der Waals surface area contributed by atoms with Crippen LogP contribution in [-0.4, -0.2) is 0 Å². The lowest BCUT2D eigenvalue weighted by Gasteiger charge is -2.39. The molecule has 4 aliphatic rings. The minimum absolute atomic E-state index is 0.355. The third kappa shape index (κ3) is 3.84. The van der Waals surface area contributed by atoms with Gasteiger partial charge in [0.05, 0.1) is 10.8 Å².